The van der Waals surface area contributed by atoms with Gasteiger partial charge in [-0.15, -0.1) is 0 Å². The summed E-state index contributed by atoms with van der Waals surface area (Å²) in [6.45, 7) is 1.92. The maximum atomic E-state index is 11.5. The third-order valence-corrected chi connectivity index (χ3v) is 5.13. The minimum atomic E-state index is -3.29. The second-order valence-corrected chi connectivity index (χ2v) is 6.60. The molecule has 0 heterocycles. The number of benzene rings is 1. The summed E-state index contributed by atoms with van der Waals surface area (Å²) in [5.74, 6) is 0.691. The number of halogens is 1. The maximum Gasteiger partial charge on any atom is 0.222 e. The fourth-order valence-corrected chi connectivity index (χ4v) is 2.76. The summed E-state index contributed by atoms with van der Waals surface area (Å²) in [5.41, 5.74) is 0.849. The minimum Gasteiger partial charge on any atom is -0.496 e. The second kappa shape index (κ2) is 6.37. The van der Waals surface area contributed by atoms with Crippen molar-refractivity contribution >= 4 is 26.0 Å². The SMILES string of the molecule is CCC(NS(=O)(=O)CBr)c1ccccc1OC. The third-order valence-electron chi connectivity index (χ3n) is 2.39. The molecule has 1 unspecified atom stereocenters. The highest BCUT2D eigenvalue weighted by atomic mass is 79.9. The lowest BCUT2D eigenvalue weighted by atomic mass is 10.0. The monoisotopic (exact) mass is 321 g/mol. The van der Waals surface area contributed by atoms with Crippen molar-refractivity contribution in [2.75, 3.05) is 11.8 Å². The van der Waals surface area contributed by atoms with E-state index in [-0.39, 0.29) is 10.7 Å². The lowest BCUT2D eigenvalue weighted by molar-refractivity contribution is 0.402. The fraction of sp³-hybridized carbons (Fsp3) is 0.455. The van der Waals surface area contributed by atoms with Gasteiger partial charge in [0.05, 0.1) is 13.2 Å². The number of hydrogen-bond acceptors (Lipinski definition) is 3. The zero-order valence-electron chi connectivity index (χ0n) is 9.81. The summed E-state index contributed by atoms with van der Waals surface area (Å²) in [5, 5.41) is 0. The molecule has 1 aromatic rings. The van der Waals surface area contributed by atoms with E-state index >= 15 is 0 Å². The quantitative estimate of drug-likeness (QED) is 0.819. The maximum absolute atomic E-state index is 11.5. The van der Waals surface area contributed by atoms with Crippen LogP contribution in [0.4, 0.5) is 0 Å². The summed E-state index contributed by atoms with van der Waals surface area (Å²) < 4.78 is 30.8. The van der Waals surface area contributed by atoms with Crippen molar-refractivity contribution in [2.45, 2.75) is 19.4 Å². The zero-order valence-corrected chi connectivity index (χ0v) is 12.2. The summed E-state index contributed by atoms with van der Waals surface area (Å²) in [4.78, 5) is 0. The van der Waals surface area contributed by atoms with Crippen LogP contribution in [0.1, 0.15) is 24.9 Å². The van der Waals surface area contributed by atoms with Gasteiger partial charge in [-0.25, -0.2) is 13.1 Å². The largest absolute Gasteiger partial charge is 0.496 e. The van der Waals surface area contributed by atoms with Crippen LogP contribution >= 0.6 is 15.9 Å². The molecule has 1 rings (SSSR count). The first-order chi connectivity index (χ1) is 8.04. The average molecular weight is 322 g/mol. The number of ether oxygens (including phenoxy) is 1. The summed E-state index contributed by atoms with van der Waals surface area (Å²) >= 11 is 2.96. The van der Waals surface area contributed by atoms with Crippen molar-refractivity contribution in [3.05, 3.63) is 29.8 Å². The molecule has 17 heavy (non-hydrogen) atoms. The molecule has 0 aliphatic heterocycles. The molecule has 1 atom stereocenters. The van der Waals surface area contributed by atoms with Gasteiger partial charge < -0.3 is 4.74 Å². The molecule has 0 radical (unpaired) electrons. The summed E-state index contributed by atoms with van der Waals surface area (Å²) in [6, 6.07) is 7.13. The van der Waals surface area contributed by atoms with Crippen molar-refractivity contribution in [2.24, 2.45) is 0 Å². The molecule has 0 aromatic heterocycles. The van der Waals surface area contributed by atoms with Crippen LogP contribution in [0.2, 0.25) is 0 Å². The van der Waals surface area contributed by atoms with Crippen LogP contribution in [0.15, 0.2) is 24.3 Å². The topological polar surface area (TPSA) is 55.4 Å². The molecule has 0 saturated heterocycles. The molecule has 0 bridgehead atoms. The molecular formula is C11H16BrNO3S. The van der Waals surface area contributed by atoms with Crippen LogP contribution in [-0.2, 0) is 10.0 Å². The van der Waals surface area contributed by atoms with E-state index in [4.69, 9.17) is 4.74 Å². The zero-order chi connectivity index (χ0) is 12.9. The van der Waals surface area contributed by atoms with E-state index in [0.717, 1.165) is 5.56 Å². The summed E-state index contributed by atoms with van der Waals surface area (Å²) in [7, 11) is -1.72. The van der Waals surface area contributed by atoms with E-state index in [9.17, 15) is 8.42 Å². The molecule has 0 fully saturated rings. The molecule has 1 aromatic carbocycles. The van der Waals surface area contributed by atoms with Gasteiger partial charge in [0.15, 0.2) is 0 Å². The van der Waals surface area contributed by atoms with Crippen molar-refractivity contribution < 1.29 is 13.2 Å². The van der Waals surface area contributed by atoms with Gasteiger partial charge in [0.2, 0.25) is 10.0 Å². The Kier molecular flexibility index (Phi) is 5.42. The molecule has 0 saturated carbocycles. The molecule has 0 amide bonds. The standard InChI is InChI=1S/C11H16BrNO3S/c1-3-10(13-17(14,15)8-12)9-6-4-5-7-11(9)16-2/h4-7,10,13H,3,8H2,1-2H3. The van der Waals surface area contributed by atoms with E-state index in [1.165, 1.54) is 0 Å². The first-order valence-corrected chi connectivity index (χ1v) is 8.00. The van der Waals surface area contributed by atoms with E-state index in [1.54, 1.807) is 7.11 Å². The fourth-order valence-electron chi connectivity index (χ4n) is 1.57. The van der Waals surface area contributed by atoms with Gasteiger partial charge in [0.1, 0.15) is 10.4 Å². The predicted octanol–water partition coefficient (Wildman–Crippen LogP) is 2.42. The Morgan fingerprint density at radius 1 is 1.41 bits per heavy atom. The Bertz CT molecular complexity index is 462. The summed E-state index contributed by atoms with van der Waals surface area (Å²) in [6.07, 6.45) is 0.659. The van der Waals surface area contributed by atoms with Crippen LogP contribution in [-0.4, -0.2) is 20.2 Å². The van der Waals surface area contributed by atoms with Crippen LogP contribution in [0, 0.1) is 0 Å². The third kappa shape index (κ3) is 3.97. The number of nitrogens with one attached hydrogen (secondary N) is 1. The number of sulfonamides is 1. The smallest absolute Gasteiger partial charge is 0.222 e. The highest BCUT2D eigenvalue weighted by molar-refractivity contribution is 9.10. The van der Waals surface area contributed by atoms with Gasteiger partial charge in [-0.1, -0.05) is 41.1 Å². The normalized spacial score (nSPS) is 13.4. The molecule has 1 N–H and O–H groups in total. The van der Waals surface area contributed by atoms with Crippen LogP contribution < -0.4 is 9.46 Å². The second-order valence-electron chi connectivity index (χ2n) is 3.54. The number of rotatable bonds is 6. The van der Waals surface area contributed by atoms with Gasteiger partial charge >= 0.3 is 0 Å². The van der Waals surface area contributed by atoms with E-state index in [0.29, 0.717) is 12.2 Å². The Morgan fingerprint density at radius 3 is 2.59 bits per heavy atom. The predicted molar refractivity (Wildman–Crippen MR) is 71.9 cm³/mol. The van der Waals surface area contributed by atoms with Gasteiger partial charge in [-0.3, -0.25) is 0 Å². The van der Waals surface area contributed by atoms with E-state index in [1.807, 2.05) is 31.2 Å². The number of alkyl halides is 1. The number of methoxy groups -OCH3 is 1. The van der Waals surface area contributed by atoms with Gasteiger partial charge in [0, 0.05) is 5.56 Å². The molecule has 6 heteroatoms. The highest BCUT2D eigenvalue weighted by Crippen LogP contribution is 2.27. The van der Waals surface area contributed by atoms with E-state index < -0.39 is 10.0 Å². The van der Waals surface area contributed by atoms with Crippen LogP contribution in [0.25, 0.3) is 0 Å². The highest BCUT2D eigenvalue weighted by Gasteiger charge is 2.19. The number of para-hydroxylation sites is 1. The van der Waals surface area contributed by atoms with Crippen LogP contribution in [0.3, 0.4) is 0 Å². The lowest BCUT2D eigenvalue weighted by Crippen LogP contribution is -2.29. The molecule has 4 nitrogen and oxygen atoms in total. The van der Waals surface area contributed by atoms with Gasteiger partial charge in [0.25, 0.3) is 0 Å². The minimum absolute atomic E-state index is 0.106. The van der Waals surface area contributed by atoms with Crippen molar-refractivity contribution in [1.29, 1.82) is 0 Å². The Labute approximate surface area is 111 Å². The first-order valence-electron chi connectivity index (χ1n) is 5.23. The molecule has 0 aliphatic carbocycles. The van der Waals surface area contributed by atoms with Gasteiger partial charge in [-0.2, -0.15) is 0 Å². The first kappa shape index (κ1) is 14.5. The molecule has 96 valence electrons. The van der Waals surface area contributed by atoms with Crippen molar-refractivity contribution in [1.82, 2.24) is 4.72 Å². The van der Waals surface area contributed by atoms with Crippen molar-refractivity contribution in [3.8, 4) is 5.75 Å². The molecular weight excluding hydrogens is 306 g/mol. The Morgan fingerprint density at radius 2 is 2.06 bits per heavy atom. The van der Waals surface area contributed by atoms with E-state index in [2.05, 4.69) is 20.7 Å². The van der Waals surface area contributed by atoms with Crippen LogP contribution in [0.5, 0.6) is 5.75 Å². The lowest BCUT2D eigenvalue weighted by Gasteiger charge is -2.19. The van der Waals surface area contributed by atoms with Gasteiger partial charge in [-0.05, 0) is 12.5 Å². The Hall–Kier alpha value is -0.590. The number of hydrogen-bond donors (Lipinski definition) is 1. The Balaban J connectivity index is 3.02. The average Bonchev–Trinajstić information content (AvgIpc) is 2.36. The molecule has 0 aliphatic rings. The molecule has 0 spiro atoms. The van der Waals surface area contributed by atoms with Crippen molar-refractivity contribution in [3.63, 3.8) is 0 Å².